The van der Waals surface area contributed by atoms with Crippen LogP contribution in [0.3, 0.4) is 0 Å². The van der Waals surface area contributed by atoms with Gasteiger partial charge in [-0.1, -0.05) is 85.3 Å². The Balaban J connectivity index is 1.83. The van der Waals surface area contributed by atoms with E-state index in [-0.39, 0.29) is 35.5 Å². The molecule has 4 aromatic carbocycles. The van der Waals surface area contributed by atoms with Gasteiger partial charge in [0, 0.05) is 24.0 Å². The number of carbonyl (C=O) groups is 2. The minimum absolute atomic E-state index is 0.0224. The van der Waals surface area contributed by atoms with Crippen LogP contribution in [0.1, 0.15) is 37.0 Å². The number of methoxy groups -OCH3 is 1. The average Bonchev–Trinajstić information content (AvgIpc) is 3.07. The molecule has 0 saturated carbocycles. The topological polar surface area (TPSA) is 96.0 Å². The van der Waals surface area contributed by atoms with Crippen LogP contribution in [-0.2, 0) is 32.6 Å². The molecule has 0 fully saturated rings. The molecule has 2 unspecified atom stereocenters. The Bertz CT molecular complexity index is 1740. The Hall–Kier alpha value is -4.34. The molecule has 8 nitrogen and oxygen atoms in total. The van der Waals surface area contributed by atoms with Crippen LogP contribution < -0.4 is 14.4 Å². The van der Waals surface area contributed by atoms with Crippen LogP contribution >= 0.6 is 11.6 Å². The molecule has 0 saturated heterocycles. The van der Waals surface area contributed by atoms with E-state index in [9.17, 15) is 18.0 Å². The summed E-state index contributed by atoms with van der Waals surface area (Å²) in [5.74, 6) is -0.291. The zero-order valence-electron chi connectivity index (χ0n) is 26.5. The van der Waals surface area contributed by atoms with E-state index in [1.54, 1.807) is 49.6 Å². The molecule has 242 valence electrons. The summed E-state index contributed by atoms with van der Waals surface area (Å²) >= 11 is 6.45. The van der Waals surface area contributed by atoms with Crippen LogP contribution in [0, 0.1) is 6.92 Å². The summed E-state index contributed by atoms with van der Waals surface area (Å²) in [7, 11) is -2.66. The number of halogens is 1. The molecule has 0 radical (unpaired) electrons. The fourth-order valence-corrected chi connectivity index (χ4v) is 6.55. The average molecular weight is 662 g/mol. The predicted octanol–water partition coefficient (Wildman–Crippen LogP) is 6.41. The molecule has 46 heavy (non-hydrogen) atoms. The predicted molar refractivity (Wildman–Crippen MR) is 183 cm³/mol. The van der Waals surface area contributed by atoms with Crippen molar-refractivity contribution in [1.82, 2.24) is 10.2 Å². The first-order valence-corrected chi connectivity index (χ1v) is 17.0. The number of rotatable bonds is 14. The third kappa shape index (κ3) is 8.68. The second kappa shape index (κ2) is 15.8. The molecule has 0 bridgehead atoms. The number of ether oxygens (including phenoxy) is 1. The van der Waals surface area contributed by atoms with Gasteiger partial charge in [-0.25, -0.2) is 8.42 Å². The first kappa shape index (κ1) is 34.5. The normalized spacial score (nSPS) is 12.5. The van der Waals surface area contributed by atoms with Crippen molar-refractivity contribution in [3.05, 3.63) is 125 Å². The highest BCUT2D eigenvalue weighted by molar-refractivity contribution is 7.92. The number of benzene rings is 4. The molecule has 0 aromatic heterocycles. The van der Waals surface area contributed by atoms with Crippen molar-refractivity contribution in [3.8, 4) is 5.75 Å². The second-order valence-electron chi connectivity index (χ2n) is 11.2. The monoisotopic (exact) mass is 661 g/mol. The quantitative estimate of drug-likeness (QED) is 0.169. The number of anilines is 1. The maximum Gasteiger partial charge on any atom is 0.264 e. The molecular formula is C36H40ClN3O5S. The van der Waals surface area contributed by atoms with Gasteiger partial charge in [-0.15, -0.1) is 0 Å². The molecule has 4 rings (SSSR count). The first-order valence-electron chi connectivity index (χ1n) is 15.1. The van der Waals surface area contributed by atoms with Crippen LogP contribution in [0.25, 0.3) is 0 Å². The molecule has 0 aliphatic heterocycles. The van der Waals surface area contributed by atoms with Gasteiger partial charge in [-0.3, -0.25) is 13.9 Å². The fraction of sp³-hybridized carbons (Fsp3) is 0.278. The molecular weight excluding hydrogens is 622 g/mol. The highest BCUT2D eigenvalue weighted by Crippen LogP contribution is 2.29. The summed E-state index contributed by atoms with van der Waals surface area (Å²) in [5.41, 5.74) is 2.57. The first-order chi connectivity index (χ1) is 22.0. The van der Waals surface area contributed by atoms with Gasteiger partial charge in [-0.05, 0) is 73.4 Å². The second-order valence-corrected chi connectivity index (χ2v) is 13.4. The third-order valence-electron chi connectivity index (χ3n) is 7.81. The fourth-order valence-electron chi connectivity index (χ4n) is 4.95. The van der Waals surface area contributed by atoms with Gasteiger partial charge in [0.2, 0.25) is 11.8 Å². The number of hydrogen-bond acceptors (Lipinski definition) is 5. The highest BCUT2D eigenvalue weighted by atomic mass is 35.5. The summed E-state index contributed by atoms with van der Waals surface area (Å²) in [6, 6.07) is 28.4. The van der Waals surface area contributed by atoms with Crippen molar-refractivity contribution < 1.29 is 22.7 Å². The lowest BCUT2D eigenvalue weighted by molar-refractivity contribution is -0.140. The summed E-state index contributed by atoms with van der Waals surface area (Å²) < 4.78 is 34.7. The minimum atomic E-state index is -4.22. The Morgan fingerprint density at radius 1 is 0.891 bits per heavy atom. The molecule has 0 spiro atoms. The summed E-state index contributed by atoms with van der Waals surface area (Å²) in [6.07, 6.45) is 0.922. The Kier molecular flexibility index (Phi) is 11.8. The Labute approximate surface area is 277 Å². The number of nitrogens with zero attached hydrogens (tertiary/aromatic N) is 2. The van der Waals surface area contributed by atoms with Crippen molar-refractivity contribution in [1.29, 1.82) is 0 Å². The van der Waals surface area contributed by atoms with E-state index >= 15 is 0 Å². The van der Waals surface area contributed by atoms with Gasteiger partial charge in [0.25, 0.3) is 10.0 Å². The van der Waals surface area contributed by atoms with Gasteiger partial charge < -0.3 is 15.0 Å². The summed E-state index contributed by atoms with van der Waals surface area (Å²) in [4.78, 5) is 30.0. The van der Waals surface area contributed by atoms with Gasteiger partial charge in [0.05, 0.1) is 17.7 Å². The minimum Gasteiger partial charge on any atom is -0.497 e. The lowest BCUT2D eigenvalue weighted by atomic mass is 10.0. The molecule has 2 atom stereocenters. The third-order valence-corrected chi connectivity index (χ3v) is 10.0. The SMILES string of the molecule is CCC(C)NC(=O)C(Cc1ccccc1)N(Cc1cccc(OC)c1)C(=O)CN(c1ccc(C)c(Cl)c1)S(=O)(=O)c1ccccc1. The Morgan fingerprint density at radius 3 is 2.17 bits per heavy atom. The van der Waals surface area contributed by atoms with Crippen LogP contribution in [0.5, 0.6) is 5.75 Å². The summed E-state index contributed by atoms with van der Waals surface area (Å²) in [5, 5.41) is 3.40. The number of carbonyl (C=O) groups excluding carboxylic acids is 2. The van der Waals surface area contributed by atoms with E-state index in [1.807, 2.05) is 63.2 Å². The smallest absolute Gasteiger partial charge is 0.264 e. The van der Waals surface area contributed by atoms with Gasteiger partial charge in [-0.2, -0.15) is 0 Å². The van der Waals surface area contributed by atoms with Gasteiger partial charge >= 0.3 is 0 Å². The number of aryl methyl sites for hydroxylation is 1. The zero-order valence-corrected chi connectivity index (χ0v) is 28.1. The van der Waals surface area contributed by atoms with Crippen molar-refractivity contribution in [2.75, 3.05) is 18.0 Å². The largest absolute Gasteiger partial charge is 0.497 e. The van der Waals surface area contributed by atoms with E-state index in [2.05, 4.69) is 5.32 Å². The van der Waals surface area contributed by atoms with Gasteiger partial charge in [0.15, 0.2) is 0 Å². The molecule has 0 heterocycles. The van der Waals surface area contributed by atoms with E-state index in [0.717, 1.165) is 21.0 Å². The van der Waals surface area contributed by atoms with Crippen LogP contribution in [-0.4, -0.2) is 50.9 Å². The van der Waals surface area contributed by atoms with Crippen molar-refractivity contribution in [2.24, 2.45) is 0 Å². The van der Waals surface area contributed by atoms with E-state index in [0.29, 0.717) is 17.2 Å². The number of nitrogens with one attached hydrogen (secondary N) is 1. The van der Waals surface area contributed by atoms with E-state index in [1.165, 1.54) is 23.1 Å². The van der Waals surface area contributed by atoms with Crippen LogP contribution in [0.15, 0.2) is 108 Å². The molecule has 2 amide bonds. The molecule has 10 heteroatoms. The van der Waals surface area contributed by atoms with Crippen LogP contribution in [0.4, 0.5) is 5.69 Å². The molecule has 1 N–H and O–H groups in total. The van der Waals surface area contributed by atoms with E-state index in [4.69, 9.17) is 16.3 Å². The molecule has 4 aromatic rings. The highest BCUT2D eigenvalue weighted by Gasteiger charge is 2.35. The standard InChI is InChI=1S/C36H40ClN3O5S/c1-5-27(3)38-36(42)34(22-28-13-8-6-9-14-28)39(24-29-15-12-16-31(21-29)45-4)35(41)25-40(30-20-19-26(2)33(37)23-30)46(43,44)32-17-10-7-11-18-32/h6-21,23,27,34H,5,22,24-25H2,1-4H3,(H,38,42). The lowest BCUT2D eigenvalue weighted by Crippen LogP contribution is -2.54. The number of sulfonamides is 1. The molecule has 0 aliphatic carbocycles. The number of hydrogen-bond donors (Lipinski definition) is 1. The lowest BCUT2D eigenvalue weighted by Gasteiger charge is -2.34. The maximum atomic E-state index is 14.6. The van der Waals surface area contributed by atoms with Crippen molar-refractivity contribution in [3.63, 3.8) is 0 Å². The Morgan fingerprint density at radius 2 is 1.54 bits per heavy atom. The number of amides is 2. The molecule has 0 aliphatic rings. The van der Waals surface area contributed by atoms with Crippen molar-refractivity contribution in [2.45, 2.75) is 57.1 Å². The van der Waals surface area contributed by atoms with Crippen LogP contribution in [0.2, 0.25) is 5.02 Å². The maximum absolute atomic E-state index is 14.6. The summed E-state index contributed by atoms with van der Waals surface area (Å²) in [6.45, 7) is 5.15. The van der Waals surface area contributed by atoms with Gasteiger partial charge in [0.1, 0.15) is 18.3 Å². The zero-order chi connectivity index (χ0) is 33.3. The van der Waals surface area contributed by atoms with Crippen molar-refractivity contribution >= 4 is 39.1 Å². The van der Waals surface area contributed by atoms with E-state index < -0.39 is 28.5 Å².